The largest absolute Gasteiger partial charge is 0.343 e. The van der Waals surface area contributed by atoms with Gasteiger partial charge >= 0.3 is 0 Å². The van der Waals surface area contributed by atoms with Crippen molar-refractivity contribution in [2.75, 3.05) is 37.4 Å². The second kappa shape index (κ2) is 12.6. The summed E-state index contributed by atoms with van der Waals surface area (Å²) in [6, 6.07) is 15.8. The van der Waals surface area contributed by atoms with Crippen molar-refractivity contribution in [1.82, 2.24) is 15.5 Å². The van der Waals surface area contributed by atoms with Crippen molar-refractivity contribution in [2.45, 2.75) is 11.3 Å². The Kier molecular flexibility index (Phi) is 9.24. The van der Waals surface area contributed by atoms with Crippen molar-refractivity contribution < 1.29 is 22.8 Å². The van der Waals surface area contributed by atoms with Crippen molar-refractivity contribution in [3.63, 3.8) is 0 Å². The number of carbonyl (C=O) groups is 3. The molecule has 0 radical (unpaired) electrons. The minimum absolute atomic E-state index is 0.0672. The molecule has 1 heterocycles. The van der Waals surface area contributed by atoms with E-state index in [1.807, 2.05) is 0 Å². The van der Waals surface area contributed by atoms with E-state index in [0.29, 0.717) is 24.7 Å². The minimum Gasteiger partial charge on any atom is -0.343 e. The Balaban J connectivity index is 1.44. The highest BCUT2D eigenvalue weighted by Crippen LogP contribution is 2.27. The van der Waals surface area contributed by atoms with E-state index in [1.54, 1.807) is 17.0 Å². The predicted octanol–water partition coefficient (Wildman–Crippen LogP) is 3.58. The number of benzene rings is 3. The molecule has 0 bridgehead atoms. The lowest BCUT2D eigenvalue weighted by atomic mass is 10.0. The molecule has 0 aliphatic carbocycles. The Bertz CT molecular complexity index is 1490. The Morgan fingerprint density at radius 2 is 1.64 bits per heavy atom. The minimum atomic E-state index is -4.11. The molecule has 4 rings (SSSR count). The van der Waals surface area contributed by atoms with Crippen LogP contribution < -0.4 is 15.4 Å². The molecule has 0 unspecified atom stereocenters. The molecule has 3 aromatic rings. The summed E-state index contributed by atoms with van der Waals surface area (Å²) in [7, 11) is -4.11. The van der Waals surface area contributed by atoms with Gasteiger partial charge in [0.15, 0.2) is 5.78 Å². The first-order valence-electron chi connectivity index (χ1n) is 12.1. The summed E-state index contributed by atoms with van der Waals surface area (Å²) in [6.45, 7) is 2.61. The Labute approximate surface area is 236 Å². The number of nitrogens with one attached hydrogen (secondary N) is 3. The lowest BCUT2D eigenvalue weighted by Gasteiger charge is -2.20. The number of anilines is 1. The number of sulfonamides is 1. The van der Waals surface area contributed by atoms with Crippen LogP contribution in [-0.4, -0.2) is 63.6 Å². The van der Waals surface area contributed by atoms with Gasteiger partial charge in [-0.15, -0.1) is 0 Å². The molecule has 3 aromatic carbocycles. The van der Waals surface area contributed by atoms with Crippen molar-refractivity contribution >= 4 is 56.5 Å². The van der Waals surface area contributed by atoms with Crippen LogP contribution in [0.1, 0.15) is 32.7 Å². The van der Waals surface area contributed by atoms with Gasteiger partial charge in [-0.1, -0.05) is 35.3 Å². The van der Waals surface area contributed by atoms with Crippen LogP contribution in [0.5, 0.6) is 0 Å². The fourth-order valence-electron chi connectivity index (χ4n) is 4.04. The van der Waals surface area contributed by atoms with Gasteiger partial charge in [0.1, 0.15) is 0 Å². The molecule has 0 aromatic heterocycles. The fourth-order valence-corrected chi connectivity index (χ4v) is 5.62. The smallest absolute Gasteiger partial charge is 0.261 e. The first kappa shape index (κ1) is 28.6. The molecule has 0 saturated carbocycles. The van der Waals surface area contributed by atoms with E-state index in [-0.39, 0.29) is 44.7 Å². The molecule has 12 heteroatoms. The monoisotopic (exact) mass is 588 g/mol. The maximum Gasteiger partial charge on any atom is 0.261 e. The third-order valence-electron chi connectivity index (χ3n) is 6.11. The second-order valence-electron chi connectivity index (χ2n) is 8.80. The van der Waals surface area contributed by atoms with Crippen LogP contribution in [0, 0.1) is 0 Å². The first-order valence-corrected chi connectivity index (χ1v) is 14.4. The summed E-state index contributed by atoms with van der Waals surface area (Å²) < 4.78 is 28.6. The van der Waals surface area contributed by atoms with E-state index in [9.17, 15) is 22.8 Å². The van der Waals surface area contributed by atoms with Crippen LogP contribution >= 0.6 is 23.2 Å². The van der Waals surface area contributed by atoms with Crippen molar-refractivity contribution in [2.24, 2.45) is 0 Å². The van der Waals surface area contributed by atoms with Gasteiger partial charge in [0, 0.05) is 41.3 Å². The van der Waals surface area contributed by atoms with E-state index in [2.05, 4.69) is 15.4 Å². The number of hydrogen-bond acceptors (Lipinski definition) is 6. The molecule has 2 amide bonds. The molecule has 9 nitrogen and oxygen atoms in total. The van der Waals surface area contributed by atoms with Crippen molar-refractivity contribution in [1.29, 1.82) is 0 Å². The first-order chi connectivity index (χ1) is 18.7. The number of halogens is 2. The Morgan fingerprint density at radius 1 is 0.897 bits per heavy atom. The van der Waals surface area contributed by atoms with Gasteiger partial charge in [-0.2, -0.15) is 0 Å². The fraction of sp³-hybridized carbons (Fsp3) is 0.222. The number of hydrogen-bond donors (Lipinski definition) is 3. The van der Waals surface area contributed by atoms with E-state index < -0.39 is 21.7 Å². The third kappa shape index (κ3) is 7.15. The summed E-state index contributed by atoms with van der Waals surface area (Å²) in [6.07, 6.45) is 0.844. The molecule has 39 heavy (non-hydrogen) atoms. The molecule has 204 valence electrons. The molecule has 1 aliphatic rings. The van der Waals surface area contributed by atoms with Crippen LogP contribution in [0.15, 0.2) is 71.6 Å². The van der Waals surface area contributed by atoms with Gasteiger partial charge in [0.05, 0.1) is 22.2 Å². The highest BCUT2D eigenvalue weighted by Gasteiger charge is 2.22. The molecule has 3 N–H and O–H groups in total. The highest BCUT2D eigenvalue weighted by atomic mass is 35.5. The lowest BCUT2D eigenvalue weighted by molar-refractivity contribution is -0.129. The highest BCUT2D eigenvalue weighted by molar-refractivity contribution is 7.92. The van der Waals surface area contributed by atoms with E-state index in [4.69, 9.17) is 23.2 Å². The van der Waals surface area contributed by atoms with Gasteiger partial charge in [-0.25, -0.2) is 8.42 Å². The maximum absolute atomic E-state index is 13.1. The average Bonchev–Trinajstić information content (AvgIpc) is 3.21. The predicted molar refractivity (Wildman–Crippen MR) is 150 cm³/mol. The Morgan fingerprint density at radius 3 is 2.38 bits per heavy atom. The SMILES string of the molecule is O=C(NCC(=O)N1CCCNCC1)c1ccc(S(=O)(=O)Nc2ccccc2C(=O)c2ccc(Cl)cc2Cl)cc1. The van der Waals surface area contributed by atoms with Crippen LogP contribution in [0.4, 0.5) is 5.69 Å². The molecule has 0 spiro atoms. The van der Waals surface area contributed by atoms with Crippen LogP contribution in [0.2, 0.25) is 10.0 Å². The van der Waals surface area contributed by atoms with Gasteiger partial charge in [0.25, 0.3) is 15.9 Å². The summed E-state index contributed by atoms with van der Waals surface area (Å²) in [5, 5.41) is 6.31. The molecular weight excluding hydrogens is 563 g/mol. The number of amides is 2. The third-order valence-corrected chi connectivity index (χ3v) is 8.04. The summed E-state index contributed by atoms with van der Waals surface area (Å²) in [4.78, 5) is 39.7. The Hall–Kier alpha value is -3.44. The molecule has 1 aliphatic heterocycles. The van der Waals surface area contributed by atoms with Crippen molar-refractivity contribution in [3.05, 3.63) is 93.5 Å². The van der Waals surface area contributed by atoms with Gasteiger partial charge in [-0.3, -0.25) is 19.1 Å². The quantitative estimate of drug-likeness (QED) is 0.345. The maximum atomic E-state index is 13.1. The normalized spacial score (nSPS) is 13.8. The van der Waals surface area contributed by atoms with Crippen LogP contribution in [0.3, 0.4) is 0 Å². The van der Waals surface area contributed by atoms with E-state index >= 15 is 0 Å². The zero-order valence-corrected chi connectivity index (χ0v) is 23.1. The van der Waals surface area contributed by atoms with E-state index in [1.165, 1.54) is 54.6 Å². The lowest BCUT2D eigenvalue weighted by Crippen LogP contribution is -2.41. The summed E-state index contributed by atoms with van der Waals surface area (Å²) in [5.41, 5.74) is 0.546. The molecular formula is C27H26Cl2N4O5S. The molecule has 1 fully saturated rings. The molecule has 1 saturated heterocycles. The molecule has 0 atom stereocenters. The van der Waals surface area contributed by atoms with Gasteiger partial charge in [0.2, 0.25) is 5.91 Å². The topological polar surface area (TPSA) is 125 Å². The van der Waals surface area contributed by atoms with Crippen LogP contribution in [-0.2, 0) is 14.8 Å². The number of para-hydroxylation sites is 1. The number of nitrogens with zero attached hydrogens (tertiary/aromatic N) is 1. The standard InChI is InChI=1S/C27H26Cl2N4O5S/c28-19-8-11-21(23(29)16-19)26(35)22-4-1-2-5-24(22)32-39(37,38)20-9-6-18(7-10-20)27(36)31-17-25(34)33-14-3-12-30-13-15-33/h1-2,4-11,16,30,32H,3,12-15,17H2,(H,31,36). The average molecular weight is 590 g/mol. The zero-order valence-electron chi connectivity index (χ0n) is 20.7. The number of carbonyl (C=O) groups excluding carboxylic acids is 3. The second-order valence-corrected chi connectivity index (χ2v) is 11.3. The number of rotatable bonds is 8. The summed E-state index contributed by atoms with van der Waals surface area (Å²) in [5.74, 6) is -1.15. The van der Waals surface area contributed by atoms with Crippen LogP contribution in [0.25, 0.3) is 0 Å². The van der Waals surface area contributed by atoms with Gasteiger partial charge < -0.3 is 15.5 Å². The van der Waals surface area contributed by atoms with Gasteiger partial charge in [-0.05, 0) is 67.6 Å². The zero-order chi connectivity index (χ0) is 28.0. The number of ketones is 1. The van der Waals surface area contributed by atoms with E-state index in [0.717, 1.165) is 13.0 Å². The summed E-state index contributed by atoms with van der Waals surface area (Å²) >= 11 is 12.1. The van der Waals surface area contributed by atoms with Crippen molar-refractivity contribution in [3.8, 4) is 0 Å².